The molecule has 150 valence electrons. The number of nitrogens with zero attached hydrogens (tertiary/aromatic N) is 2. The van der Waals surface area contributed by atoms with Gasteiger partial charge in [0.1, 0.15) is 12.3 Å². The third-order valence-corrected chi connectivity index (χ3v) is 3.78. The molecule has 1 heterocycles. The van der Waals surface area contributed by atoms with E-state index in [0.717, 1.165) is 0 Å². The Labute approximate surface area is 162 Å². The quantitative estimate of drug-likeness (QED) is 0.437. The van der Waals surface area contributed by atoms with Crippen molar-refractivity contribution in [3.05, 3.63) is 46.9 Å². The number of carbonyl (C=O) groups excluding carboxylic acids is 1. The summed E-state index contributed by atoms with van der Waals surface area (Å²) < 4.78 is 15.9. The maximum Gasteiger partial charge on any atom is 0.273 e. The second-order valence-corrected chi connectivity index (χ2v) is 5.75. The van der Waals surface area contributed by atoms with Crippen LogP contribution in [0.25, 0.3) is 11.4 Å². The molecule has 28 heavy (non-hydrogen) atoms. The molecule has 1 aromatic heterocycles. The lowest BCUT2D eigenvalue weighted by molar-refractivity contribution is -0.120. The van der Waals surface area contributed by atoms with Crippen LogP contribution in [-0.4, -0.2) is 55.1 Å². The number of nitrogens with one attached hydrogen (secondary N) is 2. The van der Waals surface area contributed by atoms with E-state index in [1.165, 1.54) is 7.11 Å². The van der Waals surface area contributed by atoms with Crippen LogP contribution >= 0.6 is 0 Å². The van der Waals surface area contributed by atoms with E-state index in [9.17, 15) is 9.59 Å². The molecule has 9 heteroatoms. The van der Waals surface area contributed by atoms with Crippen LogP contribution in [0.3, 0.4) is 0 Å². The molecular weight excluding hydrogens is 364 g/mol. The van der Waals surface area contributed by atoms with Gasteiger partial charge in [-0.05, 0) is 18.2 Å². The van der Waals surface area contributed by atoms with Crippen LogP contribution in [0.4, 0.5) is 0 Å². The van der Waals surface area contributed by atoms with Gasteiger partial charge in [-0.3, -0.25) is 9.59 Å². The van der Waals surface area contributed by atoms with Gasteiger partial charge in [-0.2, -0.15) is 0 Å². The summed E-state index contributed by atoms with van der Waals surface area (Å²) in [6.07, 6.45) is 1.93. The molecule has 2 rings (SSSR count). The minimum Gasteiger partial charge on any atom is -0.493 e. The Morgan fingerprint density at radius 2 is 2.07 bits per heavy atom. The van der Waals surface area contributed by atoms with E-state index in [0.29, 0.717) is 42.6 Å². The molecule has 0 atom stereocenters. The van der Waals surface area contributed by atoms with E-state index in [4.69, 9.17) is 14.2 Å². The topological polar surface area (TPSA) is 115 Å². The number of carbonyl (C=O) groups is 1. The summed E-state index contributed by atoms with van der Waals surface area (Å²) in [5, 5.41) is 10.7. The first-order valence-electron chi connectivity index (χ1n) is 8.72. The maximum absolute atomic E-state index is 12.3. The Balaban J connectivity index is 2.11. The lowest BCUT2D eigenvalue weighted by atomic mass is 10.2. The summed E-state index contributed by atoms with van der Waals surface area (Å²) in [6.45, 7) is 4.75. The van der Waals surface area contributed by atoms with Gasteiger partial charge < -0.3 is 24.5 Å². The number of rotatable bonds is 11. The molecule has 0 aliphatic heterocycles. The third-order valence-electron chi connectivity index (χ3n) is 3.78. The number of amides is 1. The summed E-state index contributed by atoms with van der Waals surface area (Å²) in [7, 11) is 3.12. The number of ether oxygens (including phenoxy) is 3. The molecule has 0 bridgehead atoms. The van der Waals surface area contributed by atoms with E-state index in [2.05, 4.69) is 27.1 Å². The largest absolute Gasteiger partial charge is 0.493 e. The molecule has 9 nitrogen and oxygen atoms in total. The highest BCUT2D eigenvalue weighted by Crippen LogP contribution is 2.31. The highest BCUT2D eigenvalue weighted by atomic mass is 16.5. The van der Waals surface area contributed by atoms with Gasteiger partial charge in [0, 0.05) is 32.1 Å². The Morgan fingerprint density at radius 3 is 2.75 bits per heavy atom. The van der Waals surface area contributed by atoms with Gasteiger partial charge in [0.15, 0.2) is 17.3 Å². The molecule has 1 aromatic carbocycles. The van der Waals surface area contributed by atoms with Crippen LogP contribution in [0, 0.1) is 0 Å². The van der Waals surface area contributed by atoms with Crippen LogP contribution in [0.5, 0.6) is 11.5 Å². The van der Waals surface area contributed by atoms with Crippen molar-refractivity contribution in [3.8, 4) is 22.9 Å². The van der Waals surface area contributed by atoms with Crippen molar-refractivity contribution in [3.63, 3.8) is 0 Å². The van der Waals surface area contributed by atoms with Gasteiger partial charge in [-0.25, -0.2) is 0 Å². The van der Waals surface area contributed by atoms with E-state index >= 15 is 0 Å². The van der Waals surface area contributed by atoms with Crippen molar-refractivity contribution in [2.24, 2.45) is 0 Å². The Kier molecular flexibility index (Phi) is 8.16. The number of hydrogen-bond acceptors (Lipinski definition) is 7. The number of aromatic amines is 1. The molecule has 0 saturated carbocycles. The van der Waals surface area contributed by atoms with Gasteiger partial charge in [0.2, 0.25) is 5.91 Å². The SMILES string of the molecule is C=CCNC(=O)CCc1nnc(-c2ccc(OCCOC)c(OC)c2)[nH]c1=O. The van der Waals surface area contributed by atoms with E-state index in [1.54, 1.807) is 31.4 Å². The zero-order valence-electron chi connectivity index (χ0n) is 16.0. The summed E-state index contributed by atoms with van der Waals surface area (Å²) in [4.78, 5) is 26.6. The molecular formula is C19H24N4O5. The number of aromatic nitrogens is 3. The Hall–Kier alpha value is -3.20. The highest BCUT2D eigenvalue weighted by molar-refractivity contribution is 5.76. The zero-order valence-corrected chi connectivity index (χ0v) is 16.0. The Morgan fingerprint density at radius 1 is 1.25 bits per heavy atom. The van der Waals surface area contributed by atoms with E-state index in [-0.39, 0.29) is 30.0 Å². The fourth-order valence-corrected chi connectivity index (χ4v) is 2.33. The summed E-state index contributed by atoms with van der Waals surface area (Å²) in [6, 6.07) is 5.17. The highest BCUT2D eigenvalue weighted by Gasteiger charge is 2.12. The van der Waals surface area contributed by atoms with Gasteiger partial charge in [-0.1, -0.05) is 6.08 Å². The average Bonchev–Trinajstić information content (AvgIpc) is 2.71. The third kappa shape index (κ3) is 5.92. The summed E-state index contributed by atoms with van der Waals surface area (Å²) >= 11 is 0. The van der Waals surface area contributed by atoms with Crippen LogP contribution in [-0.2, 0) is 16.0 Å². The fourth-order valence-electron chi connectivity index (χ4n) is 2.33. The first kappa shape index (κ1) is 21.1. The second-order valence-electron chi connectivity index (χ2n) is 5.75. The molecule has 1 amide bonds. The van der Waals surface area contributed by atoms with Crippen molar-refractivity contribution >= 4 is 5.91 Å². The van der Waals surface area contributed by atoms with Gasteiger partial charge in [0.05, 0.1) is 13.7 Å². The average molecular weight is 388 g/mol. The lowest BCUT2D eigenvalue weighted by Gasteiger charge is -2.11. The number of H-pyrrole nitrogens is 1. The predicted octanol–water partition coefficient (Wildman–Crippen LogP) is 1.10. The minimum absolute atomic E-state index is 0.145. The number of aryl methyl sites for hydroxylation is 1. The minimum atomic E-state index is -0.388. The predicted molar refractivity (Wildman–Crippen MR) is 104 cm³/mol. The Bertz CT molecular complexity index is 866. The number of methoxy groups -OCH3 is 2. The normalized spacial score (nSPS) is 10.4. The van der Waals surface area contributed by atoms with Gasteiger partial charge in [-0.15, -0.1) is 16.8 Å². The van der Waals surface area contributed by atoms with Crippen molar-refractivity contribution < 1.29 is 19.0 Å². The molecule has 0 fully saturated rings. The van der Waals surface area contributed by atoms with Crippen LogP contribution in [0.15, 0.2) is 35.6 Å². The van der Waals surface area contributed by atoms with E-state index in [1.807, 2.05) is 0 Å². The first-order valence-corrected chi connectivity index (χ1v) is 8.72. The molecule has 0 spiro atoms. The molecule has 0 radical (unpaired) electrons. The van der Waals surface area contributed by atoms with Crippen molar-refractivity contribution in [1.82, 2.24) is 20.5 Å². The van der Waals surface area contributed by atoms with Gasteiger partial charge in [0.25, 0.3) is 5.56 Å². The zero-order chi connectivity index (χ0) is 20.4. The maximum atomic E-state index is 12.3. The smallest absolute Gasteiger partial charge is 0.273 e. The van der Waals surface area contributed by atoms with Crippen molar-refractivity contribution in [2.75, 3.05) is 34.0 Å². The van der Waals surface area contributed by atoms with Crippen LogP contribution in [0.2, 0.25) is 0 Å². The van der Waals surface area contributed by atoms with Crippen LogP contribution in [0.1, 0.15) is 12.1 Å². The molecule has 0 saturated heterocycles. The van der Waals surface area contributed by atoms with E-state index < -0.39 is 0 Å². The summed E-state index contributed by atoms with van der Waals surface area (Å²) in [5.41, 5.74) is 0.431. The summed E-state index contributed by atoms with van der Waals surface area (Å²) in [5.74, 6) is 1.17. The monoisotopic (exact) mass is 388 g/mol. The molecule has 0 aliphatic rings. The first-order chi connectivity index (χ1) is 13.6. The molecule has 2 N–H and O–H groups in total. The lowest BCUT2D eigenvalue weighted by Crippen LogP contribution is -2.25. The molecule has 2 aromatic rings. The van der Waals surface area contributed by atoms with Crippen molar-refractivity contribution in [2.45, 2.75) is 12.8 Å². The van der Waals surface area contributed by atoms with Crippen LogP contribution < -0.4 is 20.3 Å². The van der Waals surface area contributed by atoms with Crippen molar-refractivity contribution in [1.29, 1.82) is 0 Å². The standard InChI is InChI=1S/C19H24N4O5/c1-4-9-20-17(24)8-6-14-19(25)21-18(23-22-14)13-5-7-15(16(12-13)27-3)28-11-10-26-2/h4-5,7,12H,1,6,8-11H2,2-3H3,(H,20,24)(H,21,23,25). The molecule has 0 aliphatic carbocycles. The van der Waals surface area contributed by atoms with Gasteiger partial charge >= 0.3 is 0 Å². The number of hydrogen-bond donors (Lipinski definition) is 2. The number of benzene rings is 1. The fraction of sp³-hybridized carbons (Fsp3) is 0.368. The molecule has 0 unspecified atom stereocenters. The second kappa shape index (κ2) is 10.8.